The Bertz CT molecular complexity index is 3320. The highest BCUT2D eigenvalue weighted by atomic mass is 32.1. The number of rotatable bonds is 7. The minimum atomic E-state index is -0.288. The van der Waals surface area contributed by atoms with Crippen molar-refractivity contribution in [3.63, 3.8) is 0 Å². The number of benzene rings is 9. The molecule has 0 saturated carbocycles. The first-order valence-electron chi connectivity index (χ1n) is 19.0. The molecular weight excluding hydrogens is 741 g/mol. The molecule has 0 aliphatic rings. The first kappa shape index (κ1) is 33.9. The molecule has 0 aliphatic carbocycles. The minimum Gasteiger partial charge on any atom is -0.456 e. The summed E-state index contributed by atoms with van der Waals surface area (Å²) < 4.78 is 35.6. The van der Waals surface area contributed by atoms with Crippen molar-refractivity contribution in [1.82, 2.24) is 4.98 Å². The van der Waals surface area contributed by atoms with Gasteiger partial charge in [-0.15, -0.1) is 11.3 Å². The van der Waals surface area contributed by atoms with Crippen LogP contribution in [0.15, 0.2) is 192 Å². The van der Waals surface area contributed by atoms with Gasteiger partial charge >= 0.3 is 0 Å². The van der Waals surface area contributed by atoms with Crippen molar-refractivity contribution in [3.05, 3.63) is 200 Å². The Hall–Kier alpha value is -7.35. The standard InChI is InChI=1S/C51H31F2N3OS/c52-35-12-16-37(17-13-35)55(41-23-27-49-46(30-41)45-8-4-5-9-48(45)57-49)39-20-24-43-33(28-39)10-11-34-29-40(21-25-44(34)43)56(38-18-14-36(53)15-19-38)42-22-26-47-50(31-42)58-51(54-47)32-6-2-1-3-7-32/h1-31H. The molecule has 0 bridgehead atoms. The molecule has 0 atom stereocenters. The fourth-order valence-corrected chi connectivity index (χ4v) is 9.01. The van der Waals surface area contributed by atoms with Crippen LogP contribution in [0.2, 0.25) is 0 Å². The second kappa shape index (κ2) is 13.7. The molecule has 0 aliphatic heterocycles. The van der Waals surface area contributed by atoms with E-state index in [1.54, 1.807) is 23.5 Å². The lowest BCUT2D eigenvalue weighted by Gasteiger charge is -2.26. The Morgan fingerprint density at radius 2 is 0.931 bits per heavy atom. The Labute approximate surface area is 336 Å². The zero-order valence-corrected chi connectivity index (χ0v) is 31.6. The highest BCUT2D eigenvalue weighted by Crippen LogP contribution is 2.43. The normalized spacial score (nSPS) is 11.6. The number of thiazole rings is 1. The number of anilines is 6. The molecule has 0 fully saturated rings. The van der Waals surface area contributed by atoms with E-state index in [4.69, 9.17) is 9.40 Å². The Morgan fingerprint density at radius 1 is 0.414 bits per heavy atom. The lowest BCUT2D eigenvalue weighted by molar-refractivity contribution is 0.627. The Morgan fingerprint density at radius 3 is 1.59 bits per heavy atom. The van der Waals surface area contributed by atoms with Crippen LogP contribution in [0.1, 0.15) is 0 Å². The van der Waals surface area contributed by atoms with Crippen molar-refractivity contribution in [3.8, 4) is 10.6 Å². The maximum atomic E-state index is 14.2. The molecule has 0 unspecified atom stereocenters. The zero-order chi connectivity index (χ0) is 38.7. The van der Waals surface area contributed by atoms with E-state index in [0.29, 0.717) is 0 Å². The van der Waals surface area contributed by atoms with Crippen LogP contribution in [0, 0.1) is 11.6 Å². The number of fused-ring (bicyclic) bond motifs is 7. The van der Waals surface area contributed by atoms with E-state index in [1.165, 1.54) is 24.3 Å². The Balaban J connectivity index is 1.00. The van der Waals surface area contributed by atoms with Crippen LogP contribution < -0.4 is 9.80 Å². The Kier molecular flexibility index (Phi) is 8.01. The van der Waals surface area contributed by atoms with Crippen molar-refractivity contribution in [2.75, 3.05) is 9.80 Å². The predicted molar refractivity (Wildman–Crippen MR) is 237 cm³/mol. The van der Waals surface area contributed by atoms with E-state index in [1.807, 2.05) is 60.7 Å². The molecule has 2 aromatic heterocycles. The summed E-state index contributed by atoms with van der Waals surface area (Å²) in [5.74, 6) is -0.574. The summed E-state index contributed by atoms with van der Waals surface area (Å²) >= 11 is 1.66. The average Bonchev–Trinajstić information content (AvgIpc) is 3.87. The molecular formula is C51H31F2N3OS. The van der Waals surface area contributed by atoms with Gasteiger partial charge in [-0.2, -0.15) is 0 Å². The molecule has 7 heteroatoms. The maximum absolute atomic E-state index is 14.2. The summed E-state index contributed by atoms with van der Waals surface area (Å²) in [6.45, 7) is 0. The van der Waals surface area contributed by atoms with Crippen molar-refractivity contribution in [2.24, 2.45) is 0 Å². The van der Waals surface area contributed by atoms with Gasteiger partial charge in [0.25, 0.3) is 0 Å². The molecule has 58 heavy (non-hydrogen) atoms. The summed E-state index contributed by atoms with van der Waals surface area (Å²) in [7, 11) is 0. The minimum absolute atomic E-state index is 0.285. The number of para-hydroxylation sites is 1. The van der Waals surface area contributed by atoms with E-state index in [9.17, 15) is 8.78 Å². The van der Waals surface area contributed by atoms with Gasteiger partial charge in [-0.25, -0.2) is 13.8 Å². The van der Waals surface area contributed by atoms with Crippen molar-refractivity contribution in [1.29, 1.82) is 0 Å². The molecule has 276 valence electrons. The number of furan rings is 1. The first-order valence-corrected chi connectivity index (χ1v) is 19.8. The number of nitrogens with zero attached hydrogens (tertiary/aromatic N) is 3. The van der Waals surface area contributed by atoms with Gasteiger partial charge < -0.3 is 14.2 Å². The third kappa shape index (κ3) is 5.92. The van der Waals surface area contributed by atoms with Gasteiger partial charge in [0, 0.05) is 50.5 Å². The van der Waals surface area contributed by atoms with Crippen LogP contribution >= 0.6 is 11.3 Å². The third-order valence-corrected chi connectivity index (χ3v) is 11.8. The molecule has 11 rings (SSSR count). The van der Waals surface area contributed by atoms with Gasteiger partial charge in [0.2, 0.25) is 0 Å². The van der Waals surface area contributed by atoms with Crippen LogP contribution in [0.4, 0.5) is 42.9 Å². The van der Waals surface area contributed by atoms with Crippen molar-refractivity contribution in [2.45, 2.75) is 0 Å². The topological polar surface area (TPSA) is 32.5 Å². The summed E-state index contributed by atoms with van der Waals surface area (Å²) in [4.78, 5) is 9.22. The van der Waals surface area contributed by atoms with Crippen LogP contribution in [-0.2, 0) is 0 Å². The molecule has 2 heterocycles. The van der Waals surface area contributed by atoms with Crippen molar-refractivity contribution < 1.29 is 13.2 Å². The van der Waals surface area contributed by atoms with E-state index in [2.05, 4.69) is 101 Å². The molecule has 4 nitrogen and oxygen atoms in total. The van der Waals surface area contributed by atoms with E-state index in [0.717, 1.165) is 98.4 Å². The summed E-state index contributed by atoms with van der Waals surface area (Å²) in [6.07, 6.45) is 0. The van der Waals surface area contributed by atoms with Gasteiger partial charge in [0.05, 0.1) is 10.2 Å². The monoisotopic (exact) mass is 771 g/mol. The summed E-state index contributed by atoms with van der Waals surface area (Å²) in [5.41, 5.74) is 9.14. The van der Waals surface area contributed by atoms with Crippen LogP contribution in [-0.4, -0.2) is 4.98 Å². The predicted octanol–water partition coefficient (Wildman–Crippen LogP) is 15.4. The zero-order valence-electron chi connectivity index (χ0n) is 30.8. The largest absolute Gasteiger partial charge is 0.456 e. The van der Waals surface area contributed by atoms with Crippen LogP contribution in [0.3, 0.4) is 0 Å². The molecule has 0 saturated heterocycles. The van der Waals surface area contributed by atoms with Gasteiger partial charge in [0.1, 0.15) is 27.8 Å². The first-order chi connectivity index (χ1) is 28.5. The SMILES string of the molecule is Fc1ccc(N(c2ccc3c(ccc4cc(N(c5ccc(F)cc5)c5ccc6oc7ccccc7c6c5)ccc43)c2)c2ccc3nc(-c4ccccc4)sc3c2)cc1. The second-order valence-electron chi connectivity index (χ2n) is 14.3. The van der Waals surface area contributed by atoms with Gasteiger partial charge in [-0.1, -0.05) is 72.8 Å². The van der Waals surface area contributed by atoms with Gasteiger partial charge in [-0.05, 0) is 137 Å². The number of hydrogen-bond donors (Lipinski definition) is 0. The number of aromatic nitrogens is 1. The second-order valence-corrected chi connectivity index (χ2v) is 15.3. The van der Waals surface area contributed by atoms with E-state index in [-0.39, 0.29) is 11.6 Å². The molecule has 0 spiro atoms. The fourth-order valence-electron chi connectivity index (χ4n) is 8.01. The lowest BCUT2D eigenvalue weighted by Crippen LogP contribution is -2.10. The smallest absolute Gasteiger partial charge is 0.135 e. The summed E-state index contributed by atoms with van der Waals surface area (Å²) in [6, 6.07) is 61.2. The number of halogens is 2. The van der Waals surface area contributed by atoms with Crippen LogP contribution in [0.25, 0.3) is 64.3 Å². The van der Waals surface area contributed by atoms with E-state index >= 15 is 0 Å². The van der Waals surface area contributed by atoms with Gasteiger partial charge in [0.15, 0.2) is 0 Å². The van der Waals surface area contributed by atoms with Crippen LogP contribution in [0.5, 0.6) is 0 Å². The third-order valence-electron chi connectivity index (χ3n) is 10.8. The summed E-state index contributed by atoms with van der Waals surface area (Å²) in [5, 5.41) is 7.38. The maximum Gasteiger partial charge on any atom is 0.135 e. The highest BCUT2D eigenvalue weighted by Gasteiger charge is 2.19. The molecule has 11 aromatic rings. The fraction of sp³-hybridized carbons (Fsp3) is 0. The molecule has 9 aromatic carbocycles. The van der Waals surface area contributed by atoms with Crippen molar-refractivity contribution >= 4 is 99.2 Å². The highest BCUT2D eigenvalue weighted by molar-refractivity contribution is 7.21. The van der Waals surface area contributed by atoms with Gasteiger partial charge in [-0.3, -0.25) is 0 Å². The molecule has 0 amide bonds. The number of hydrogen-bond acceptors (Lipinski definition) is 5. The molecule has 0 N–H and O–H groups in total. The van der Waals surface area contributed by atoms with E-state index < -0.39 is 0 Å². The molecule has 0 radical (unpaired) electrons. The quantitative estimate of drug-likeness (QED) is 0.151. The lowest BCUT2D eigenvalue weighted by atomic mass is 10.00. The average molecular weight is 772 g/mol.